The molecule has 2 atom stereocenters. The summed E-state index contributed by atoms with van der Waals surface area (Å²) >= 11 is 0. The van der Waals surface area contributed by atoms with Crippen molar-refractivity contribution >= 4 is 8.32 Å². The number of hydrogen-bond donors (Lipinski definition) is 2. The van der Waals surface area contributed by atoms with Crippen molar-refractivity contribution in [2.75, 3.05) is 13.2 Å². The summed E-state index contributed by atoms with van der Waals surface area (Å²) in [6.07, 6.45) is 3.45. The zero-order chi connectivity index (χ0) is 10.7. The Hall–Kier alpha value is 0.0969. The van der Waals surface area contributed by atoms with Crippen molar-refractivity contribution in [2.24, 2.45) is 5.73 Å². The van der Waals surface area contributed by atoms with Crippen LogP contribution in [0.15, 0.2) is 0 Å². The van der Waals surface area contributed by atoms with Gasteiger partial charge in [0, 0.05) is 6.61 Å². The monoisotopic (exact) mass is 216 g/mol. The van der Waals surface area contributed by atoms with E-state index in [1.807, 2.05) is 0 Å². The van der Waals surface area contributed by atoms with Crippen LogP contribution < -0.4 is 11.1 Å². The zero-order valence-corrected chi connectivity index (χ0v) is 10.7. The van der Waals surface area contributed by atoms with Gasteiger partial charge in [0.15, 0.2) is 0 Å². The van der Waals surface area contributed by atoms with Crippen molar-refractivity contribution in [1.82, 2.24) is 5.32 Å². The quantitative estimate of drug-likeness (QED) is 0.554. The Morgan fingerprint density at radius 1 is 1.43 bits per heavy atom. The molecule has 1 fully saturated rings. The van der Waals surface area contributed by atoms with E-state index in [1.165, 1.54) is 18.9 Å². The Kier molecular flexibility index (Phi) is 4.12. The number of nitrogens with one attached hydrogen (secondary N) is 1. The summed E-state index contributed by atoms with van der Waals surface area (Å²) in [6.45, 7) is 8.37. The third kappa shape index (κ3) is 2.19. The normalized spacial score (nSPS) is 32.6. The van der Waals surface area contributed by atoms with Crippen molar-refractivity contribution in [2.45, 2.75) is 51.0 Å². The van der Waals surface area contributed by atoms with Gasteiger partial charge in [-0.15, -0.1) is 0 Å². The molecule has 0 bridgehead atoms. The molecule has 3 N–H and O–H groups in total. The van der Waals surface area contributed by atoms with Crippen LogP contribution in [0.1, 0.15) is 33.1 Å². The van der Waals surface area contributed by atoms with Gasteiger partial charge in [-0.3, -0.25) is 0 Å². The van der Waals surface area contributed by atoms with Crippen molar-refractivity contribution in [3.8, 4) is 0 Å². The summed E-state index contributed by atoms with van der Waals surface area (Å²) in [5.41, 5.74) is 6.44. The van der Waals surface area contributed by atoms with Crippen LogP contribution in [0.25, 0.3) is 0 Å². The Bertz CT molecular complexity index is 175. The van der Waals surface area contributed by atoms with E-state index in [-0.39, 0.29) is 5.29 Å². The second-order valence-electron chi connectivity index (χ2n) is 4.39. The predicted molar refractivity (Wildman–Crippen MR) is 62.5 cm³/mol. The van der Waals surface area contributed by atoms with Gasteiger partial charge in [-0.2, -0.15) is 0 Å². The van der Waals surface area contributed by atoms with Gasteiger partial charge in [0.25, 0.3) is 0 Å². The fraction of sp³-hybridized carbons (Fsp3) is 1.00. The van der Waals surface area contributed by atoms with Crippen LogP contribution in [-0.4, -0.2) is 26.8 Å². The molecule has 1 heterocycles. The second kappa shape index (κ2) is 4.75. The lowest BCUT2D eigenvalue weighted by Gasteiger charge is -2.46. The van der Waals surface area contributed by atoms with Crippen LogP contribution in [0.3, 0.4) is 0 Å². The van der Waals surface area contributed by atoms with Crippen molar-refractivity contribution in [1.29, 1.82) is 0 Å². The van der Waals surface area contributed by atoms with Crippen LogP contribution in [0, 0.1) is 0 Å². The van der Waals surface area contributed by atoms with E-state index in [9.17, 15) is 0 Å². The maximum absolute atomic E-state index is 6.44. The largest absolute Gasteiger partial charge is 0.414 e. The van der Waals surface area contributed by atoms with Crippen molar-refractivity contribution < 1.29 is 4.43 Å². The summed E-state index contributed by atoms with van der Waals surface area (Å²) < 4.78 is 6.03. The fourth-order valence-electron chi connectivity index (χ4n) is 2.29. The maximum Gasteiger partial charge on any atom is 0.223 e. The molecule has 0 radical (unpaired) electrons. The molecule has 1 aliphatic rings. The second-order valence-corrected chi connectivity index (χ2v) is 8.53. The maximum atomic E-state index is 6.44. The number of rotatable bonds is 4. The molecule has 2 unspecified atom stereocenters. The minimum atomic E-state index is -1.74. The molecule has 0 spiro atoms. The van der Waals surface area contributed by atoms with Crippen LogP contribution in [0.4, 0.5) is 0 Å². The van der Waals surface area contributed by atoms with Crippen LogP contribution >= 0.6 is 0 Å². The summed E-state index contributed by atoms with van der Waals surface area (Å²) in [5, 5.41) is 3.20. The van der Waals surface area contributed by atoms with Gasteiger partial charge in [-0.05, 0) is 32.0 Å². The Morgan fingerprint density at radius 2 is 2.14 bits per heavy atom. The van der Waals surface area contributed by atoms with E-state index in [0.717, 1.165) is 19.6 Å². The van der Waals surface area contributed by atoms with Crippen LogP contribution in [0.5, 0.6) is 0 Å². The highest BCUT2D eigenvalue weighted by Gasteiger charge is 2.48. The predicted octanol–water partition coefficient (Wildman–Crippen LogP) is 1.59. The molecule has 0 aliphatic carbocycles. The molecule has 0 saturated carbocycles. The molecular weight excluding hydrogens is 192 g/mol. The standard InChI is InChI=1S/C10H24N2OSi/c1-4-10(11,12-5-2)14(3)9-7-6-8-13-14/h12H,4-9,11H2,1-3H3. The molecular formula is C10H24N2OSi. The summed E-state index contributed by atoms with van der Waals surface area (Å²) in [5.74, 6) is 0. The molecule has 1 aliphatic heterocycles. The molecule has 0 aromatic heterocycles. The van der Waals surface area contributed by atoms with Crippen LogP contribution in [0.2, 0.25) is 12.6 Å². The van der Waals surface area contributed by atoms with Gasteiger partial charge in [-0.1, -0.05) is 20.3 Å². The van der Waals surface area contributed by atoms with E-state index in [1.54, 1.807) is 0 Å². The van der Waals surface area contributed by atoms with Crippen molar-refractivity contribution in [3.63, 3.8) is 0 Å². The first-order valence-electron chi connectivity index (χ1n) is 5.76. The number of hydrogen-bond acceptors (Lipinski definition) is 3. The molecule has 0 amide bonds. The smallest absolute Gasteiger partial charge is 0.223 e. The van der Waals surface area contributed by atoms with E-state index >= 15 is 0 Å². The van der Waals surface area contributed by atoms with Gasteiger partial charge in [0.05, 0.1) is 5.29 Å². The highest BCUT2D eigenvalue weighted by atomic mass is 28.4. The first-order valence-corrected chi connectivity index (χ1v) is 8.37. The first-order chi connectivity index (χ1) is 6.58. The lowest BCUT2D eigenvalue weighted by molar-refractivity contribution is 0.230. The van der Waals surface area contributed by atoms with Gasteiger partial charge in [0.1, 0.15) is 0 Å². The highest BCUT2D eigenvalue weighted by molar-refractivity contribution is 6.75. The van der Waals surface area contributed by atoms with Gasteiger partial charge in [0.2, 0.25) is 8.32 Å². The summed E-state index contributed by atoms with van der Waals surface area (Å²) in [4.78, 5) is 0. The molecule has 0 aromatic carbocycles. The lowest BCUT2D eigenvalue weighted by atomic mass is 10.3. The summed E-state index contributed by atoms with van der Waals surface area (Å²) in [6, 6.07) is 1.20. The Morgan fingerprint density at radius 3 is 2.57 bits per heavy atom. The van der Waals surface area contributed by atoms with E-state index in [0.29, 0.717) is 0 Å². The third-order valence-electron chi connectivity index (χ3n) is 3.46. The van der Waals surface area contributed by atoms with Crippen molar-refractivity contribution in [3.05, 3.63) is 0 Å². The van der Waals surface area contributed by atoms with E-state index in [2.05, 4.69) is 25.7 Å². The highest BCUT2D eigenvalue weighted by Crippen LogP contribution is 2.30. The zero-order valence-electron chi connectivity index (χ0n) is 9.73. The van der Waals surface area contributed by atoms with Crippen LogP contribution in [-0.2, 0) is 4.43 Å². The van der Waals surface area contributed by atoms with E-state index < -0.39 is 8.32 Å². The SMILES string of the molecule is CCNC(N)(CC)[Si]1(C)CCCCO1. The van der Waals surface area contributed by atoms with Gasteiger partial charge in [-0.25, -0.2) is 0 Å². The molecule has 84 valence electrons. The Labute approximate surface area is 88.5 Å². The van der Waals surface area contributed by atoms with Gasteiger partial charge >= 0.3 is 0 Å². The topological polar surface area (TPSA) is 47.3 Å². The molecule has 14 heavy (non-hydrogen) atoms. The number of nitrogens with two attached hydrogens (primary N) is 1. The fourth-order valence-corrected chi connectivity index (χ4v) is 5.95. The molecule has 3 nitrogen and oxygen atoms in total. The molecule has 1 rings (SSSR count). The minimum absolute atomic E-state index is 0.234. The molecule has 4 heteroatoms. The summed E-state index contributed by atoms with van der Waals surface area (Å²) in [7, 11) is -1.74. The Balaban J connectivity index is 2.73. The minimum Gasteiger partial charge on any atom is -0.414 e. The molecule has 1 saturated heterocycles. The average molecular weight is 216 g/mol. The van der Waals surface area contributed by atoms with E-state index in [4.69, 9.17) is 10.2 Å². The lowest BCUT2D eigenvalue weighted by Crippen LogP contribution is -2.72. The average Bonchev–Trinajstić information content (AvgIpc) is 2.19. The van der Waals surface area contributed by atoms with Gasteiger partial charge < -0.3 is 15.5 Å². The molecule has 0 aromatic rings. The first kappa shape index (κ1) is 12.2. The third-order valence-corrected chi connectivity index (χ3v) is 8.03.